The molecule has 4 heteroatoms. The Hall–Kier alpha value is -0.900. The molecule has 0 heterocycles. The Bertz CT molecular complexity index is 406. The van der Waals surface area contributed by atoms with Crippen LogP contribution in [0, 0.1) is 0 Å². The van der Waals surface area contributed by atoms with E-state index in [0.717, 1.165) is 0 Å². The van der Waals surface area contributed by atoms with Crippen LogP contribution < -0.4 is 0 Å². The van der Waals surface area contributed by atoms with Gasteiger partial charge in [-0.2, -0.15) is 0 Å². The van der Waals surface area contributed by atoms with Gasteiger partial charge in [-0.15, -0.1) is 0 Å². The molecule has 0 radical (unpaired) electrons. The number of carbonyl (C=O) groups is 1. The lowest BCUT2D eigenvalue weighted by Crippen LogP contribution is -2.26. The van der Waals surface area contributed by atoms with E-state index in [0.29, 0.717) is 23.8 Å². The van der Waals surface area contributed by atoms with Gasteiger partial charge in [0.2, 0.25) is 0 Å². The van der Waals surface area contributed by atoms with Gasteiger partial charge in [0.15, 0.2) is 5.78 Å². The number of benzene rings is 1. The molecule has 1 rings (SSSR count). The molecule has 0 fully saturated rings. The van der Waals surface area contributed by atoms with Crippen LogP contribution in [-0.4, -0.2) is 30.7 Å². The Morgan fingerprint density at radius 1 is 1.21 bits per heavy atom. The molecule has 0 aromatic heterocycles. The molecule has 0 aliphatic carbocycles. The molecule has 0 bridgehead atoms. The Labute approximate surface area is 119 Å². The maximum Gasteiger partial charge on any atom is 0.191 e. The predicted molar refractivity (Wildman–Crippen MR) is 76.9 cm³/mol. The van der Waals surface area contributed by atoms with Crippen molar-refractivity contribution in [2.24, 2.45) is 0 Å². The fourth-order valence-corrected chi connectivity index (χ4v) is 1.62. The Kier molecular flexibility index (Phi) is 5.98. The standard InChI is InChI=1S/C15H21ClO3/c1-11(18-9-10-19-15(2,3)4)14(17)12-5-7-13(16)8-6-12/h5-8,11H,9-10H2,1-4H3. The van der Waals surface area contributed by atoms with Crippen LogP contribution in [0.1, 0.15) is 38.1 Å². The number of ketones is 1. The first-order valence-corrected chi connectivity index (χ1v) is 6.73. The summed E-state index contributed by atoms with van der Waals surface area (Å²) in [6, 6.07) is 6.81. The van der Waals surface area contributed by atoms with E-state index in [1.165, 1.54) is 0 Å². The molecular formula is C15H21ClO3. The smallest absolute Gasteiger partial charge is 0.191 e. The number of hydrogen-bond acceptors (Lipinski definition) is 3. The summed E-state index contributed by atoms with van der Waals surface area (Å²) < 4.78 is 11.0. The SMILES string of the molecule is CC(OCCOC(C)(C)C)C(=O)c1ccc(Cl)cc1. The van der Waals surface area contributed by atoms with Gasteiger partial charge in [0.1, 0.15) is 6.10 Å². The predicted octanol–water partition coefficient (Wildman–Crippen LogP) is 3.74. The van der Waals surface area contributed by atoms with E-state index in [1.807, 2.05) is 20.8 Å². The minimum Gasteiger partial charge on any atom is -0.373 e. The molecule has 1 unspecified atom stereocenters. The molecule has 0 N–H and O–H groups in total. The molecule has 1 atom stereocenters. The summed E-state index contributed by atoms with van der Waals surface area (Å²) in [4.78, 5) is 12.0. The highest BCUT2D eigenvalue weighted by molar-refractivity contribution is 6.30. The first-order chi connectivity index (χ1) is 8.79. The number of rotatable bonds is 6. The molecule has 106 valence electrons. The van der Waals surface area contributed by atoms with E-state index in [4.69, 9.17) is 21.1 Å². The molecular weight excluding hydrogens is 264 g/mol. The second-order valence-corrected chi connectivity index (χ2v) is 5.78. The van der Waals surface area contributed by atoms with Crippen LogP contribution in [0.15, 0.2) is 24.3 Å². The second kappa shape index (κ2) is 7.04. The molecule has 1 aromatic rings. The van der Waals surface area contributed by atoms with Gasteiger partial charge in [0.05, 0.1) is 18.8 Å². The van der Waals surface area contributed by atoms with E-state index in [9.17, 15) is 4.79 Å². The lowest BCUT2D eigenvalue weighted by atomic mass is 10.1. The zero-order valence-electron chi connectivity index (χ0n) is 11.9. The van der Waals surface area contributed by atoms with Crippen molar-refractivity contribution >= 4 is 17.4 Å². The van der Waals surface area contributed by atoms with Crippen molar-refractivity contribution in [1.82, 2.24) is 0 Å². The maximum atomic E-state index is 12.0. The van der Waals surface area contributed by atoms with Gasteiger partial charge in [-0.3, -0.25) is 4.79 Å². The van der Waals surface area contributed by atoms with Gasteiger partial charge in [-0.1, -0.05) is 11.6 Å². The fraction of sp³-hybridized carbons (Fsp3) is 0.533. The quantitative estimate of drug-likeness (QED) is 0.590. The summed E-state index contributed by atoms with van der Waals surface area (Å²) in [7, 11) is 0. The van der Waals surface area contributed by atoms with Crippen LogP contribution >= 0.6 is 11.6 Å². The molecule has 0 aliphatic rings. The largest absolute Gasteiger partial charge is 0.373 e. The number of Topliss-reactive ketones (excluding diaryl/α,β-unsaturated/α-hetero) is 1. The van der Waals surface area contributed by atoms with E-state index in [-0.39, 0.29) is 11.4 Å². The van der Waals surface area contributed by atoms with Crippen molar-refractivity contribution in [3.05, 3.63) is 34.9 Å². The monoisotopic (exact) mass is 284 g/mol. The highest BCUT2D eigenvalue weighted by Crippen LogP contribution is 2.12. The molecule has 19 heavy (non-hydrogen) atoms. The number of hydrogen-bond donors (Lipinski definition) is 0. The van der Waals surface area contributed by atoms with Crippen LogP contribution in [0.5, 0.6) is 0 Å². The molecule has 1 aromatic carbocycles. The Morgan fingerprint density at radius 3 is 2.32 bits per heavy atom. The molecule has 0 spiro atoms. The van der Waals surface area contributed by atoms with Gasteiger partial charge in [-0.05, 0) is 52.0 Å². The van der Waals surface area contributed by atoms with E-state index >= 15 is 0 Å². The van der Waals surface area contributed by atoms with Crippen LogP contribution in [0.4, 0.5) is 0 Å². The fourth-order valence-electron chi connectivity index (χ4n) is 1.50. The zero-order valence-corrected chi connectivity index (χ0v) is 12.7. The topological polar surface area (TPSA) is 35.5 Å². The highest BCUT2D eigenvalue weighted by atomic mass is 35.5. The molecule has 0 saturated carbocycles. The van der Waals surface area contributed by atoms with E-state index in [2.05, 4.69) is 0 Å². The molecule has 0 aliphatic heterocycles. The van der Waals surface area contributed by atoms with Crippen molar-refractivity contribution in [1.29, 1.82) is 0 Å². The summed E-state index contributed by atoms with van der Waals surface area (Å²) in [5.74, 6) is -0.0487. The van der Waals surface area contributed by atoms with Gasteiger partial charge >= 0.3 is 0 Å². The minimum atomic E-state index is -0.482. The summed E-state index contributed by atoms with van der Waals surface area (Å²) in [5, 5.41) is 0.615. The third-order valence-electron chi connectivity index (χ3n) is 2.48. The Balaban J connectivity index is 2.39. The highest BCUT2D eigenvalue weighted by Gasteiger charge is 2.16. The van der Waals surface area contributed by atoms with Crippen molar-refractivity contribution in [2.45, 2.75) is 39.4 Å². The van der Waals surface area contributed by atoms with Crippen LogP contribution in [-0.2, 0) is 9.47 Å². The minimum absolute atomic E-state index is 0.0487. The normalized spacial score (nSPS) is 13.3. The first kappa shape index (κ1) is 16.2. The zero-order chi connectivity index (χ0) is 14.5. The van der Waals surface area contributed by atoms with Crippen molar-refractivity contribution in [3.63, 3.8) is 0 Å². The number of halogens is 1. The van der Waals surface area contributed by atoms with Crippen LogP contribution in [0.25, 0.3) is 0 Å². The van der Waals surface area contributed by atoms with E-state index in [1.54, 1.807) is 31.2 Å². The lowest BCUT2D eigenvalue weighted by molar-refractivity contribution is -0.0436. The summed E-state index contributed by atoms with van der Waals surface area (Å²) in [6.45, 7) is 8.56. The van der Waals surface area contributed by atoms with Gasteiger partial charge in [0, 0.05) is 10.6 Å². The average Bonchev–Trinajstić information content (AvgIpc) is 2.33. The Morgan fingerprint density at radius 2 is 1.79 bits per heavy atom. The summed E-state index contributed by atoms with van der Waals surface area (Å²) >= 11 is 5.78. The maximum absolute atomic E-state index is 12.0. The summed E-state index contributed by atoms with van der Waals surface area (Å²) in [6.07, 6.45) is -0.482. The molecule has 0 amide bonds. The summed E-state index contributed by atoms with van der Waals surface area (Å²) in [5.41, 5.74) is 0.418. The van der Waals surface area contributed by atoms with Crippen molar-refractivity contribution in [3.8, 4) is 0 Å². The van der Waals surface area contributed by atoms with Crippen LogP contribution in [0.3, 0.4) is 0 Å². The lowest BCUT2D eigenvalue weighted by Gasteiger charge is -2.20. The number of ether oxygens (including phenoxy) is 2. The molecule has 3 nitrogen and oxygen atoms in total. The average molecular weight is 285 g/mol. The van der Waals surface area contributed by atoms with E-state index < -0.39 is 6.10 Å². The first-order valence-electron chi connectivity index (χ1n) is 6.35. The third-order valence-corrected chi connectivity index (χ3v) is 2.74. The van der Waals surface area contributed by atoms with Crippen molar-refractivity contribution < 1.29 is 14.3 Å². The molecule has 0 saturated heterocycles. The second-order valence-electron chi connectivity index (χ2n) is 5.34. The third kappa shape index (κ3) is 6.19. The van der Waals surface area contributed by atoms with Crippen LogP contribution in [0.2, 0.25) is 5.02 Å². The van der Waals surface area contributed by atoms with Gasteiger partial charge in [-0.25, -0.2) is 0 Å². The number of carbonyl (C=O) groups excluding carboxylic acids is 1. The van der Waals surface area contributed by atoms with Crippen molar-refractivity contribution in [2.75, 3.05) is 13.2 Å². The van der Waals surface area contributed by atoms with Gasteiger partial charge < -0.3 is 9.47 Å². The van der Waals surface area contributed by atoms with Gasteiger partial charge in [0.25, 0.3) is 0 Å².